The first-order valence-corrected chi connectivity index (χ1v) is 6.24. The molecule has 0 spiro atoms. The third-order valence-corrected chi connectivity index (χ3v) is 2.72. The van der Waals surface area contributed by atoms with E-state index in [2.05, 4.69) is 9.97 Å². The number of aromatic nitrogens is 2. The van der Waals surface area contributed by atoms with Crippen molar-refractivity contribution in [3.05, 3.63) is 41.0 Å². The second-order valence-electron chi connectivity index (χ2n) is 3.83. The summed E-state index contributed by atoms with van der Waals surface area (Å²) >= 11 is 5.96. The third-order valence-electron chi connectivity index (χ3n) is 2.49. The molecule has 96 valence electrons. The highest BCUT2D eigenvalue weighted by Crippen LogP contribution is 2.22. The molecule has 1 heterocycles. The molecule has 1 aromatic carbocycles. The normalized spacial score (nSPS) is 9.95. The minimum atomic E-state index is -0.0326. The molecule has 19 heavy (non-hydrogen) atoms. The number of ether oxygens (including phenoxy) is 1. The summed E-state index contributed by atoms with van der Waals surface area (Å²) in [6.45, 7) is 1.97. The number of nitriles is 1. The van der Waals surface area contributed by atoms with Gasteiger partial charge in [-0.2, -0.15) is 10.2 Å². The SMILES string of the molecule is CCc1cc(OCC#N)nc(-c2cccc(Cl)c2)n1. The lowest BCUT2D eigenvalue weighted by atomic mass is 10.2. The maximum absolute atomic E-state index is 8.54. The van der Waals surface area contributed by atoms with Crippen LogP contribution in [0.5, 0.6) is 5.88 Å². The highest BCUT2D eigenvalue weighted by atomic mass is 35.5. The number of benzene rings is 1. The number of hydrogen-bond donors (Lipinski definition) is 0. The van der Waals surface area contributed by atoms with Crippen molar-refractivity contribution in [1.29, 1.82) is 5.26 Å². The second-order valence-corrected chi connectivity index (χ2v) is 4.27. The molecule has 0 aliphatic rings. The van der Waals surface area contributed by atoms with Gasteiger partial charge in [0.2, 0.25) is 5.88 Å². The van der Waals surface area contributed by atoms with E-state index in [1.54, 1.807) is 18.2 Å². The number of hydrogen-bond acceptors (Lipinski definition) is 4. The molecule has 2 rings (SSSR count). The van der Waals surface area contributed by atoms with Crippen molar-refractivity contribution < 1.29 is 4.74 Å². The molecule has 4 nitrogen and oxygen atoms in total. The third kappa shape index (κ3) is 3.43. The highest BCUT2D eigenvalue weighted by Gasteiger charge is 2.07. The van der Waals surface area contributed by atoms with Crippen molar-refractivity contribution in [2.24, 2.45) is 0 Å². The first kappa shape index (κ1) is 13.3. The Morgan fingerprint density at radius 3 is 2.84 bits per heavy atom. The summed E-state index contributed by atoms with van der Waals surface area (Å²) in [5.41, 5.74) is 1.68. The van der Waals surface area contributed by atoms with Crippen molar-refractivity contribution in [2.45, 2.75) is 13.3 Å². The fourth-order valence-electron chi connectivity index (χ4n) is 1.59. The largest absolute Gasteiger partial charge is 0.462 e. The van der Waals surface area contributed by atoms with Gasteiger partial charge in [0.05, 0.1) is 0 Å². The maximum atomic E-state index is 8.54. The minimum Gasteiger partial charge on any atom is -0.462 e. The lowest BCUT2D eigenvalue weighted by Crippen LogP contribution is -2.01. The van der Waals surface area contributed by atoms with E-state index in [9.17, 15) is 0 Å². The van der Waals surface area contributed by atoms with Crippen LogP contribution in [0.1, 0.15) is 12.6 Å². The zero-order chi connectivity index (χ0) is 13.7. The molecular formula is C14H12ClN3O. The van der Waals surface area contributed by atoms with Crippen LogP contribution in [-0.2, 0) is 6.42 Å². The summed E-state index contributed by atoms with van der Waals surface area (Å²) in [5.74, 6) is 0.957. The van der Waals surface area contributed by atoms with Crippen molar-refractivity contribution in [3.8, 4) is 23.3 Å². The van der Waals surface area contributed by atoms with Crippen LogP contribution >= 0.6 is 11.6 Å². The Kier molecular flexibility index (Phi) is 4.32. The van der Waals surface area contributed by atoms with Crippen LogP contribution in [0.15, 0.2) is 30.3 Å². The fraction of sp³-hybridized carbons (Fsp3) is 0.214. The van der Waals surface area contributed by atoms with Gasteiger partial charge < -0.3 is 4.74 Å². The lowest BCUT2D eigenvalue weighted by molar-refractivity contribution is 0.352. The van der Waals surface area contributed by atoms with Crippen LogP contribution in [-0.4, -0.2) is 16.6 Å². The lowest BCUT2D eigenvalue weighted by Gasteiger charge is -2.07. The summed E-state index contributed by atoms with van der Waals surface area (Å²) in [6, 6.07) is 11.0. The molecule has 0 atom stereocenters. The van der Waals surface area contributed by atoms with Gasteiger partial charge in [0.1, 0.15) is 6.07 Å². The van der Waals surface area contributed by atoms with E-state index >= 15 is 0 Å². The number of aryl methyl sites for hydroxylation is 1. The number of nitrogens with zero attached hydrogens (tertiary/aromatic N) is 3. The molecule has 0 fully saturated rings. The Morgan fingerprint density at radius 2 is 2.16 bits per heavy atom. The summed E-state index contributed by atoms with van der Waals surface area (Å²) in [5, 5.41) is 9.17. The zero-order valence-corrected chi connectivity index (χ0v) is 11.2. The Balaban J connectivity index is 2.42. The maximum Gasteiger partial charge on any atom is 0.218 e. The van der Waals surface area contributed by atoms with E-state index in [0.717, 1.165) is 17.7 Å². The monoisotopic (exact) mass is 273 g/mol. The Bertz CT molecular complexity index is 622. The molecule has 0 saturated heterocycles. The smallest absolute Gasteiger partial charge is 0.218 e. The van der Waals surface area contributed by atoms with Crippen LogP contribution in [0.25, 0.3) is 11.4 Å². The van der Waals surface area contributed by atoms with Gasteiger partial charge in [-0.1, -0.05) is 30.7 Å². The average molecular weight is 274 g/mol. The van der Waals surface area contributed by atoms with Gasteiger partial charge >= 0.3 is 0 Å². The van der Waals surface area contributed by atoms with Gasteiger partial charge in [0, 0.05) is 22.3 Å². The van der Waals surface area contributed by atoms with E-state index in [0.29, 0.717) is 16.7 Å². The second kappa shape index (κ2) is 6.17. The molecule has 0 unspecified atom stereocenters. The Labute approximate surface area is 116 Å². The van der Waals surface area contributed by atoms with Crippen LogP contribution in [0.2, 0.25) is 5.02 Å². The van der Waals surface area contributed by atoms with Gasteiger partial charge in [0.25, 0.3) is 0 Å². The molecule has 0 aliphatic carbocycles. The molecule has 0 amide bonds. The van der Waals surface area contributed by atoms with Crippen LogP contribution in [0, 0.1) is 11.3 Å². The van der Waals surface area contributed by atoms with Gasteiger partial charge in [-0.25, -0.2) is 4.98 Å². The van der Waals surface area contributed by atoms with Crippen LogP contribution in [0.3, 0.4) is 0 Å². The first-order chi connectivity index (χ1) is 9.22. The van der Waals surface area contributed by atoms with E-state index in [4.69, 9.17) is 21.6 Å². The average Bonchev–Trinajstić information content (AvgIpc) is 2.44. The van der Waals surface area contributed by atoms with Gasteiger partial charge in [0.15, 0.2) is 12.4 Å². The highest BCUT2D eigenvalue weighted by molar-refractivity contribution is 6.30. The van der Waals surface area contributed by atoms with Crippen molar-refractivity contribution in [1.82, 2.24) is 9.97 Å². The zero-order valence-electron chi connectivity index (χ0n) is 10.4. The van der Waals surface area contributed by atoms with E-state index in [1.165, 1.54) is 0 Å². The van der Waals surface area contributed by atoms with Gasteiger partial charge in [-0.05, 0) is 18.6 Å². The Hall–Kier alpha value is -2.12. The molecule has 1 aromatic heterocycles. The predicted octanol–water partition coefficient (Wildman–Crippen LogP) is 3.26. The summed E-state index contributed by atoms with van der Waals surface area (Å²) < 4.78 is 5.24. The number of halogens is 1. The predicted molar refractivity (Wildman–Crippen MR) is 73.0 cm³/mol. The molecule has 0 saturated carbocycles. The first-order valence-electron chi connectivity index (χ1n) is 5.86. The molecule has 0 N–H and O–H groups in total. The van der Waals surface area contributed by atoms with E-state index in [-0.39, 0.29) is 6.61 Å². The molecule has 0 aliphatic heterocycles. The molecule has 2 aromatic rings. The van der Waals surface area contributed by atoms with Gasteiger partial charge in [-0.3, -0.25) is 0 Å². The molecule has 0 bridgehead atoms. The van der Waals surface area contributed by atoms with Crippen LogP contribution < -0.4 is 4.74 Å². The van der Waals surface area contributed by atoms with Crippen molar-refractivity contribution >= 4 is 11.6 Å². The topological polar surface area (TPSA) is 58.8 Å². The summed E-state index contributed by atoms with van der Waals surface area (Å²) in [7, 11) is 0. The standard InChI is InChI=1S/C14H12ClN3O/c1-2-12-9-13(19-7-6-16)18-14(17-12)10-4-3-5-11(15)8-10/h3-5,8-9H,2,7H2,1H3. The number of rotatable bonds is 4. The fourth-order valence-corrected chi connectivity index (χ4v) is 1.78. The summed E-state index contributed by atoms with van der Waals surface area (Å²) in [6.07, 6.45) is 0.763. The van der Waals surface area contributed by atoms with E-state index in [1.807, 2.05) is 25.1 Å². The Morgan fingerprint density at radius 1 is 1.32 bits per heavy atom. The van der Waals surface area contributed by atoms with E-state index < -0.39 is 0 Å². The quantitative estimate of drug-likeness (QED) is 0.858. The molecule has 5 heteroatoms. The van der Waals surface area contributed by atoms with Crippen molar-refractivity contribution in [2.75, 3.05) is 6.61 Å². The van der Waals surface area contributed by atoms with Crippen LogP contribution in [0.4, 0.5) is 0 Å². The minimum absolute atomic E-state index is 0.0326. The summed E-state index contributed by atoms with van der Waals surface area (Å²) in [4.78, 5) is 8.73. The van der Waals surface area contributed by atoms with Gasteiger partial charge in [-0.15, -0.1) is 0 Å². The van der Waals surface area contributed by atoms with Crippen molar-refractivity contribution in [3.63, 3.8) is 0 Å². The molecular weight excluding hydrogens is 262 g/mol. The molecule has 0 radical (unpaired) electrons.